The normalized spacial score (nSPS) is 16.1. The zero-order valence-corrected chi connectivity index (χ0v) is 18.5. The van der Waals surface area contributed by atoms with Crippen LogP contribution in [0, 0.1) is 30.4 Å². The van der Waals surface area contributed by atoms with Gasteiger partial charge in [0.15, 0.2) is 5.82 Å². The molecule has 0 aliphatic carbocycles. The first-order valence-corrected chi connectivity index (χ1v) is 10.6. The number of aryl methyl sites for hydroxylation is 1. The van der Waals surface area contributed by atoms with Gasteiger partial charge in [-0.1, -0.05) is 13.8 Å². The Hall–Kier alpha value is -2.77. The van der Waals surface area contributed by atoms with Gasteiger partial charge in [0.2, 0.25) is 5.88 Å². The van der Waals surface area contributed by atoms with Crippen LogP contribution in [0.25, 0.3) is 11.4 Å². The van der Waals surface area contributed by atoms with Crippen LogP contribution in [0.3, 0.4) is 0 Å². The molecule has 0 N–H and O–H groups in total. The quantitative estimate of drug-likeness (QED) is 0.570. The summed E-state index contributed by atoms with van der Waals surface area (Å²) < 4.78 is 40.5. The summed E-state index contributed by atoms with van der Waals surface area (Å²) in [6.07, 6.45) is 0.929. The van der Waals surface area contributed by atoms with Gasteiger partial charge in [-0.15, -0.1) is 0 Å². The number of rotatable bonds is 8. The van der Waals surface area contributed by atoms with Crippen LogP contribution in [0.1, 0.15) is 39.3 Å². The van der Waals surface area contributed by atoms with Gasteiger partial charge < -0.3 is 14.4 Å². The van der Waals surface area contributed by atoms with Gasteiger partial charge in [0.1, 0.15) is 17.3 Å². The van der Waals surface area contributed by atoms with Crippen molar-refractivity contribution < 1.29 is 23.0 Å². The van der Waals surface area contributed by atoms with E-state index in [1.165, 1.54) is 12.1 Å². The first-order chi connectivity index (χ1) is 14.8. The Morgan fingerprint density at radius 3 is 2.58 bits per heavy atom. The lowest BCUT2D eigenvalue weighted by Gasteiger charge is -2.20. The van der Waals surface area contributed by atoms with Crippen molar-refractivity contribution in [3.8, 4) is 17.3 Å². The summed E-state index contributed by atoms with van der Waals surface area (Å²) in [5.74, 6) is -0.715. The molecule has 2 aromatic rings. The fourth-order valence-corrected chi connectivity index (χ4v) is 3.65. The zero-order valence-electron chi connectivity index (χ0n) is 18.5. The second kappa shape index (κ2) is 10.0. The largest absolute Gasteiger partial charge is 0.477 e. The molecular weight excluding hydrogens is 404 g/mol. The molecule has 0 spiro atoms. The number of nitrogens with zero attached hydrogens (tertiary/aromatic N) is 3. The number of hydrogen-bond acceptors (Lipinski definition) is 6. The minimum atomic E-state index is -0.679. The lowest BCUT2D eigenvalue weighted by atomic mass is 10.1. The van der Waals surface area contributed by atoms with Crippen LogP contribution in [0.2, 0.25) is 0 Å². The summed E-state index contributed by atoms with van der Waals surface area (Å²) in [6, 6.07) is 4.19. The maximum Gasteiger partial charge on any atom is 0.306 e. The molecule has 1 atom stereocenters. The van der Waals surface area contributed by atoms with Crippen molar-refractivity contribution in [2.24, 2.45) is 11.8 Å². The Morgan fingerprint density at radius 2 is 1.94 bits per heavy atom. The van der Waals surface area contributed by atoms with Crippen molar-refractivity contribution in [3.63, 3.8) is 0 Å². The van der Waals surface area contributed by atoms with Gasteiger partial charge in [0.05, 0.1) is 19.6 Å². The fraction of sp³-hybridized carbons (Fsp3) is 0.522. The molecule has 0 radical (unpaired) electrons. The summed E-state index contributed by atoms with van der Waals surface area (Å²) >= 11 is 0. The molecule has 1 aliphatic heterocycles. The number of ether oxygens (including phenoxy) is 2. The monoisotopic (exact) mass is 433 g/mol. The van der Waals surface area contributed by atoms with E-state index >= 15 is 0 Å². The van der Waals surface area contributed by atoms with E-state index in [1.807, 2.05) is 13.8 Å². The summed E-state index contributed by atoms with van der Waals surface area (Å²) in [4.78, 5) is 22.0. The third-order valence-corrected chi connectivity index (χ3v) is 5.03. The van der Waals surface area contributed by atoms with Gasteiger partial charge in [-0.3, -0.25) is 4.79 Å². The molecule has 168 valence electrons. The van der Waals surface area contributed by atoms with Gasteiger partial charge in [-0.2, -0.15) is 4.98 Å². The summed E-state index contributed by atoms with van der Waals surface area (Å²) in [7, 11) is 0. The highest BCUT2D eigenvalue weighted by molar-refractivity contribution is 5.70. The fourth-order valence-electron chi connectivity index (χ4n) is 3.65. The Balaban J connectivity index is 1.79. The molecule has 1 fully saturated rings. The third kappa shape index (κ3) is 5.89. The van der Waals surface area contributed by atoms with Crippen molar-refractivity contribution in [1.29, 1.82) is 0 Å². The number of benzene rings is 1. The number of anilines is 1. The molecule has 6 nitrogen and oxygen atoms in total. The van der Waals surface area contributed by atoms with E-state index in [0.717, 1.165) is 0 Å². The second-order valence-corrected chi connectivity index (χ2v) is 8.27. The molecule has 1 aromatic heterocycles. The molecule has 1 saturated heterocycles. The van der Waals surface area contributed by atoms with Crippen molar-refractivity contribution >= 4 is 11.7 Å². The highest BCUT2D eigenvalue weighted by atomic mass is 19.1. The maximum absolute atomic E-state index is 15.0. The van der Waals surface area contributed by atoms with Gasteiger partial charge >= 0.3 is 5.97 Å². The van der Waals surface area contributed by atoms with Crippen LogP contribution in [-0.2, 0) is 9.53 Å². The minimum absolute atomic E-state index is 0.0123. The van der Waals surface area contributed by atoms with Gasteiger partial charge in [-0.25, -0.2) is 13.8 Å². The maximum atomic E-state index is 15.0. The molecule has 1 aliphatic rings. The SMILES string of the molecule is CCOC(=O)CC1CCN(c2c(F)cc(-c3nc(C)cc(OCC(C)C)n3)cc2F)C1. The number of hydrogen-bond donors (Lipinski definition) is 0. The average Bonchev–Trinajstić information content (AvgIpc) is 3.13. The van der Waals surface area contributed by atoms with Crippen LogP contribution in [0.4, 0.5) is 14.5 Å². The summed E-state index contributed by atoms with van der Waals surface area (Å²) in [5, 5.41) is 0. The van der Waals surface area contributed by atoms with E-state index < -0.39 is 11.6 Å². The average molecular weight is 433 g/mol. The molecule has 0 saturated carbocycles. The molecule has 1 aromatic carbocycles. The highest BCUT2D eigenvalue weighted by Gasteiger charge is 2.29. The van der Waals surface area contributed by atoms with E-state index in [1.54, 1.807) is 24.8 Å². The van der Waals surface area contributed by atoms with Crippen molar-refractivity contribution in [2.75, 3.05) is 31.2 Å². The van der Waals surface area contributed by atoms with Crippen LogP contribution in [0.5, 0.6) is 5.88 Å². The number of esters is 1. The van der Waals surface area contributed by atoms with Crippen molar-refractivity contribution in [3.05, 3.63) is 35.5 Å². The van der Waals surface area contributed by atoms with Crippen LogP contribution >= 0.6 is 0 Å². The van der Waals surface area contributed by atoms with Crippen LogP contribution < -0.4 is 9.64 Å². The first kappa shape index (κ1) is 22.9. The topological polar surface area (TPSA) is 64.5 Å². The number of carbonyl (C=O) groups excluding carboxylic acids is 1. The molecular formula is C23H29F2N3O3. The standard InChI is InChI=1S/C23H29F2N3O3/c1-5-30-21(29)9-16-6-7-28(12-16)22-18(24)10-17(11-19(22)25)23-26-15(4)8-20(27-23)31-13-14(2)3/h8,10-11,14,16H,5-7,9,12-13H2,1-4H3. The van der Waals surface area contributed by atoms with Crippen molar-refractivity contribution in [1.82, 2.24) is 9.97 Å². The molecule has 31 heavy (non-hydrogen) atoms. The molecule has 8 heteroatoms. The zero-order chi connectivity index (χ0) is 22.5. The predicted octanol–water partition coefficient (Wildman–Crippen LogP) is 4.54. The Morgan fingerprint density at radius 1 is 1.23 bits per heavy atom. The van der Waals surface area contributed by atoms with Gasteiger partial charge in [0, 0.05) is 30.4 Å². The van der Waals surface area contributed by atoms with Gasteiger partial charge in [-0.05, 0) is 44.2 Å². The highest BCUT2D eigenvalue weighted by Crippen LogP contribution is 2.33. The smallest absolute Gasteiger partial charge is 0.306 e. The lowest BCUT2D eigenvalue weighted by Crippen LogP contribution is -2.23. The number of aromatic nitrogens is 2. The third-order valence-electron chi connectivity index (χ3n) is 5.03. The van der Waals surface area contributed by atoms with Gasteiger partial charge in [0.25, 0.3) is 0 Å². The van der Waals surface area contributed by atoms with Crippen LogP contribution in [0.15, 0.2) is 18.2 Å². The molecule has 0 amide bonds. The van der Waals surface area contributed by atoms with E-state index in [4.69, 9.17) is 9.47 Å². The molecule has 2 heterocycles. The number of carbonyl (C=O) groups is 1. The summed E-state index contributed by atoms with van der Waals surface area (Å²) in [6.45, 7) is 9.27. The second-order valence-electron chi connectivity index (χ2n) is 8.27. The minimum Gasteiger partial charge on any atom is -0.477 e. The lowest BCUT2D eigenvalue weighted by molar-refractivity contribution is -0.144. The first-order valence-electron chi connectivity index (χ1n) is 10.6. The van der Waals surface area contributed by atoms with Crippen LogP contribution in [-0.4, -0.2) is 42.2 Å². The summed E-state index contributed by atoms with van der Waals surface area (Å²) in [5.41, 5.74) is 0.813. The van der Waals surface area contributed by atoms with E-state index in [-0.39, 0.29) is 35.4 Å². The van der Waals surface area contributed by atoms with E-state index in [9.17, 15) is 13.6 Å². The molecule has 0 bridgehead atoms. The Kier molecular flexibility index (Phi) is 7.41. The molecule has 1 unspecified atom stereocenters. The Bertz CT molecular complexity index is 913. The number of halogens is 2. The van der Waals surface area contributed by atoms with E-state index in [2.05, 4.69) is 9.97 Å². The molecule has 3 rings (SSSR count). The predicted molar refractivity (Wildman–Crippen MR) is 114 cm³/mol. The Labute approximate surface area is 181 Å². The van der Waals surface area contributed by atoms with Crippen molar-refractivity contribution in [2.45, 2.75) is 40.5 Å². The van der Waals surface area contributed by atoms with E-state index in [0.29, 0.717) is 50.2 Å².